The van der Waals surface area contributed by atoms with Gasteiger partial charge in [0.05, 0.1) is 12.7 Å². The molecule has 3 rings (SSSR count). The maximum atomic E-state index is 12.9. The topological polar surface area (TPSA) is 74.8 Å². The van der Waals surface area contributed by atoms with Gasteiger partial charge in [0, 0.05) is 44.8 Å². The highest BCUT2D eigenvalue weighted by atomic mass is 16.5. The van der Waals surface area contributed by atoms with Crippen molar-refractivity contribution in [2.45, 2.75) is 33.2 Å². The third kappa shape index (κ3) is 5.75. The van der Waals surface area contributed by atoms with Gasteiger partial charge in [0.15, 0.2) is 0 Å². The summed E-state index contributed by atoms with van der Waals surface area (Å²) < 4.78 is 5.17. The van der Waals surface area contributed by atoms with Crippen molar-refractivity contribution in [2.24, 2.45) is 5.92 Å². The maximum absolute atomic E-state index is 12.9. The number of amides is 2. The number of pyridine rings is 1. The van der Waals surface area contributed by atoms with Gasteiger partial charge in [-0.2, -0.15) is 0 Å². The standard InChI is InChI=1S/C24H32N4O3/c1-4-6-18(2)24(30)28-15-13-27(14-16-28)22-21(7-5-12-25-22)23(29)26-17-19-8-10-20(31-3)11-9-19/h5,7-12,18H,4,6,13-17H2,1-3H3,(H,26,29)/t18-/m1/s1. The Morgan fingerprint density at radius 2 is 1.84 bits per heavy atom. The number of benzene rings is 1. The number of aromatic nitrogens is 1. The number of nitrogens with zero attached hydrogens (tertiary/aromatic N) is 3. The first-order valence-electron chi connectivity index (χ1n) is 10.9. The SMILES string of the molecule is CCC[C@@H](C)C(=O)N1CCN(c2ncccc2C(=O)NCc2ccc(OC)cc2)CC1. The van der Waals surface area contributed by atoms with Gasteiger partial charge in [-0.25, -0.2) is 4.98 Å². The molecule has 166 valence electrons. The van der Waals surface area contributed by atoms with Crippen molar-refractivity contribution in [1.82, 2.24) is 15.2 Å². The van der Waals surface area contributed by atoms with Crippen LogP contribution in [0.3, 0.4) is 0 Å². The summed E-state index contributed by atoms with van der Waals surface area (Å²) in [6.07, 6.45) is 3.63. The van der Waals surface area contributed by atoms with Gasteiger partial charge in [-0.15, -0.1) is 0 Å². The molecule has 7 heteroatoms. The second-order valence-corrected chi connectivity index (χ2v) is 7.91. The summed E-state index contributed by atoms with van der Waals surface area (Å²) in [7, 11) is 1.63. The summed E-state index contributed by atoms with van der Waals surface area (Å²) >= 11 is 0. The molecular formula is C24H32N4O3. The average Bonchev–Trinajstić information content (AvgIpc) is 2.82. The molecule has 1 N–H and O–H groups in total. The molecule has 0 unspecified atom stereocenters. The smallest absolute Gasteiger partial charge is 0.255 e. The molecule has 7 nitrogen and oxygen atoms in total. The Kier molecular flexibility index (Phi) is 7.87. The Hall–Kier alpha value is -3.09. The number of methoxy groups -OCH3 is 1. The van der Waals surface area contributed by atoms with Crippen LogP contribution in [-0.4, -0.2) is 55.0 Å². The number of nitrogens with one attached hydrogen (secondary N) is 1. The lowest BCUT2D eigenvalue weighted by molar-refractivity contribution is -0.135. The highest BCUT2D eigenvalue weighted by molar-refractivity contribution is 5.98. The quantitative estimate of drug-likeness (QED) is 0.705. The lowest BCUT2D eigenvalue weighted by atomic mass is 10.0. The number of rotatable bonds is 8. The molecule has 2 aromatic rings. The van der Waals surface area contributed by atoms with Crippen LogP contribution in [0.4, 0.5) is 5.82 Å². The van der Waals surface area contributed by atoms with Crippen molar-refractivity contribution in [3.63, 3.8) is 0 Å². The Labute approximate surface area is 184 Å². The van der Waals surface area contributed by atoms with Crippen LogP contribution in [0.2, 0.25) is 0 Å². The zero-order chi connectivity index (χ0) is 22.2. The van der Waals surface area contributed by atoms with E-state index in [1.807, 2.05) is 36.1 Å². The van der Waals surface area contributed by atoms with Crippen LogP contribution in [0.25, 0.3) is 0 Å². The number of carbonyl (C=O) groups is 2. The number of anilines is 1. The first-order chi connectivity index (χ1) is 15.0. The summed E-state index contributed by atoms with van der Waals surface area (Å²) in [6, 6.07) is 11.2. The van der Waals surface area contributed by atoms with Crippen molar-refractivity contribution in [3.05, 3.63) is 53.7 Å². The first-order valence-corrected chi connectivity index (χ1v) is 10.9. The van der Waals surface area contributed by atoms with Gasteiger partial charge in [0.25, 0.3) is 5.91 Å². The third-order valence-electron chi connectivity index (χ3n) is 5.68. The van der Waals surface area contributed by atoms with Crippen molar-refractivity contribution >= 4 is 17.6 Å². The fraction of sp³-hybridized carbons (Fsp3) is 0.458. The van der Waals surface area contributed by atoms with Gasteiger partial charge in [0.1, 0.15) is 11.6 Å². The molecule has 1 saturated heterocycles. The second kappa shape index (κ2) is 10.8. The van der Waals surface area contributed by atoms with Gasteiger partial charge in [-0.05, 0) is 36.2 Å². The van der Waals surface area contributed by atoms with E-state index in [9.17, 15) is 9.59 Å². The van der Waals surface area contributed by atoms with E-state index in [1.165, 1.54) is 0 Å². The molecule has 0 radical (unpaired) electrons. The molecule has 1 aromatic carbocycles. The van der Waals surface area contributed by atoms with Crippen LogP contribution in [-0.2, 0) is 11.3 Å². The maximum Gasteiger partial charge on any atom is 0.255 e. The van der Waals surface area contributed by atoms with E-state index in [1.54, 1.807) is 25.4 Å². The molecule has 2 heterocycles. The van der Waals surface area contributed by atoms with E-state index in [0.717, 1.165) is 24.2 Å². The number of carbonyl (C=O) groups excluding carboxylic acids is 2. The predicted molar refractivity (Wildman–Crippen MR) is 121 cm³/mol. The Morgan fingerprint density at radius 1 is 1.13 bits per heavy atom. The molecule has 0 saturated carbocycles. The summed E-state index contributed by atoms with van der Waals surface area (Å²) in [5.74, 6) is 1.58. The van der Waals surface area contributed by atoms with Crippen LogP contribution in [0.15, 0.2) is 42.6 Å². The number of hydrogen-bond donors (Lipinski definition) is 1. The summed E-state index contributed by atoms with van der Waals surface area (Å²) in [5.41, 5.74) is 1.54. The second-order valence-electron chi connectivity index (χ2n) is 7.91. The fourth-order valence-electron chi connectivity index (χ4n) is 3.85. The normalized spacial score (nSPS) is 14.8. The molecule has 0 spiro atoms. The molecule has 0 aliphatic carbocycles. The molecule has 2 amide bonds. The largest absolute Gasteiger partial charge is 0.497 e. The van der Waals surface area contributed by atoms with E-state index in [4.69, 9.17) is 4.74 Å². The molecule has 1 atom stereocenters. The van der Waals surface area contributed by atoms with Gasteiger partial charge < -0.3 is 19.9 Å². The number of hydrogen-bond acceptors (Lipinski definition) is 5. The van der Waals surface area contributed by atoms with Crippen LogP contribution in [0.1, 0.15) is 42.6 Å². The first kappa shape index (κ1) is 22.6. The van der Waals surface area contributed by atoms with Gasteiger partial charge in [-0.1, -0.05) is 32.4 Å². The van der Waals surface area contributed by atoms with E-state index in [0.29, 0.717) is 44.1 Å². The lowest BCUT2D eigenvalue weighted by Gasteiger charge is -2.37. The zero-order valence-electron chi connectivity index (χ0n) is 18.6. The van der Waals surface area contributed by atoms with Crippen molar-refractivity contribution in [2.75, 3.05) is 38.2 Å². The number of piperazine rings is 1. The minimum absolute atomic E-state index is 0.0608. The average molecular weight is 425 g/mol. The molecule has 0 bridgehead atoms. The molecule has 1 aliphatic heterocycles. The van der Waals surface area contributed by atoms with Crippen molar-refractivity contribution in [3.8, 4) is 5.75 Å². The molecular weight excluding hydrogens is 392 g/mol. The fourth-order valence-corrected chi connectivity index (χ4v) is 3.85. The Balaban J connectivity index is 1.61. The van der Waals surface area contributed by atoms with Crippen LogP contribution in [0, 0.1) is 5.92 Å². The molecule has 1 aromatic heterocycles. The summed E-state index contributed by atoms with van der Waals surface area (Å²) in [6.45, 7) is 7.16. The van der Waals surface area contributed by atoms with Crippen LogP contribution < -0.4 is 15.0 Å². The van der Waals surface area contributed by atoms with Crippen LogP contribution in [0.5, 0.6) is 5.75 Å². The van der Waals surface area contributed by atoms with Crippen molar-refractivity contribution < 1.29 is 14.3 Å². The van der Waals surface area contributed by atoms with E-state index in [2.05, 4.69) is 22.1 Å². The zero-order valence-corrected chi connectivity index (χ0v) is 18.6. The Morgan fingerprint density at radius 3 is 2.48 bits per heavy atom. The molecule has 1 aliphatic rings. The van der Waals surface area contributed by atoms with Gasteiger partial charge >= 0.3 is 0 Å². The monoisotopic (exact) mass is 424 g/mol. The predicted octanol–water partition coefficient (Wildman–Crippen LogP) is 3.11. The van der Waals surface area contributed by atoms with Crippen LogP contribution >= 0.6 is 0 Å². The summed E-state index contributed by atoms with van der Waals surface area (Å²) in [5, 5.41) is 2.98. The number of ether oxygens (including phenoxy) is 1. The van der Waals surface area contributed by atoms with E-state index < -0.39 is 0 Å². The summed E-state index contributed by atoms with van der Waals surface area (Å²) in [4.78, 5) is 34.0. The molecule has 31 heavy (non-hydrogen) atoms. The van der Waals surface area contributed by atoms with Gasteiger partial charge in [0.2, 0.25) is 5.91 Å². The minimum Gasteiger partial charge on any atom is -0.497 e. The van der Waals surface area contributed by atoms with E-state index >= 15 is 0 Å². The minimum atomic E-state index is -0.158. The van der Waals surface area contributed by atoms with Crippen molar-refractivity contribution in [1.29, 1.82) is 0 Å². The highest BCUT2D eigenvalue weighted by Gasteiger charge is 2.26. The third-order valence-corrected chi connectivity index (χ3v) is 5.68. The van der Waals surface area contributed by atoms with E-state index in [-0.39, 0.29) is 17.7 Å². The van der Waals surface area contributed by atoms with Gasteiger partial charge in [-0.3, -0.25) is 9.59 Å². The Bertz CT molecular complexity index is 877. The lowest BCUT2D eigenvalue weighted by Crippen LogP contribution is -2.50. The molecule has 1 fully saturated rings. The highest BCUT2D eigenvalue weighted by Crippen LogP contribution is 2.21.